The van der Waals surface area contributed by atoms with Gasteiger partial charge in [0.25, 0.3) is 0 Å². The summed E-state index contributed by atoms with van der Waals surface area (Å²) in [5.74, 6) is 1.55. The van der Waals surface area contributed by atoms with Crippen molar-refractivity contribution in [3.63, 3.8) is 0 Å². The van der Waals surface area contributed by atoms with Crippen LogP contribution < -0.4 is 10.6 Å². The highest BCUT2D eigenvalue weighted by molar-refractivity contribution is 7.98. The number of thioether (sulfide) groups is 1. The predicted octanol–water partition coefficient (Wildman–Crippen LogP) is 2.16. The van der Waals surface area contributed by atoms with Crippen molar-refractivity contribution in [1.82, 2.24) is 9.97 Å². The molecule has 1 aliphatic rings. The minimum atomic E-state index is 0.568. The second-order valence-electron chi connectivity index (χ2n) is 4.04. The Kier molecular flexibility index (Phi) is 3.88. The van der Waals surface area contributed by atoms with Gasteiger partial charge in [0.05, 0.1) is 0 Å². The van der Waals surface area contributed by atoms with E-state index in [1.165, 1.54) is 37.4 Å². The summed E-state index contributed by atoms with van der Waals surface area (Å²) in [5, 5.41) is 0.763. The predicted molar refractivity (Wildman–Crippen MR) is 68.9 cm³/mol. The van der Waals surface area contributed by atoms with Crippen LogP contribution in [-0.2, 0) is 0 Å². The van der Waals surface area contributed by atoms with Gasteiger partial charge >= 0.3 is 0 Å². The van der Waals surface area contributed by atoms with E-state index in [2.05, 4.69) is 14.9 Å². The van der Waals surface area contributed by atoms with Crippen LogP contribution in [0.2, 0.25) is 0 Å². The van der Waals surface area contributed by atoms with Crippen LogP contribution in [0.4, 0.5) is 11.6 Å². The van der Waals surface area contributed by atoms with E-state index >= 15 is 0 Å². The molecule has 1 aromatic heterocycles. The summed E-state index contributed by atoms with van der Waals surface area (Å²) < 4.78 is 0. The molecule has 0 saturated carbocycles. The number of nitrogens with two attached hydrogens (primary N) is 1. The van der Waals surface area contributed by atoms with Gasteiger partial charge in [0, 0.05) is 19.2 Å². The lowest BCUT2D eigenvalue weighted by Gasteiger charge is -2.21. The average molecular weight is 238 g/mol. The number of rotatable bonds is 2. The van der Waals surface area contributed by atoms with Crippen LogP contribution in [0.25, 0.3) is 0 Å². The molecule has 0 spiro atoms. The summed E-state index contributed by atoms with van der Waals surface area (Å²) in [6.07, 6.45) is 7.12. The minimum Gasteiger partial charge on any atom is -0.383 e. The van der Waals surface area contributed by atoms with E-state index in [4.69, 9.17) is 5.73 Å². The van der Waals surface area contributed by atoms with Gasteiger partial charge in [-0.2, -0.15) is 0 Å². The van der Waals surface area contributed by atoms with Crippen molar-refractivity contribution in [2.75, 3.05) is 30.0 Å². The van der Waals surface area contributed by atoms with E-state index in [1.807, 2.05) is 12.3 Å². The first-order chi connectivity index (χ1) is 7.79. The molecule has 0 aliphatic carbocycles. The number of aromatic nitrogens is 2. The first-order valence-electron chi connectivity index (χ1n) is 5.73. The van der Waals surface area contributed by atoms with Crippen LogP contribution in [0.5, 0.6) is 0 Å². The standard InChI is InChI=1S/C11H18N4S/c1-16-11-13-9(12)8-10(14-11)15-6-4-2-3-5-7-15/h8H,2-7H2,1H3,(H2,12,13,14). The van der Waals surface area contributed by atoms with Crippen molar-refractivity contribution < 1.29 is 0 Å². The van der Waals surface area contributed by atoms with Crippen LogP contribution in [-0.4, -0.2) is 29.3 Å². The third kappa shape index (κ3) is 2.78. The lowest BCUT2D eigenvalue weighted by molar-refractivity contribution is 0.726. The fraction of sp³-hybridized carbons (Fsp3) is 0.636. The third-order valence-corrected chi connectivity index (χ3v) is 3.37. The SMILES string of the molecule is CSc1nc(N)cc(N2CCCCCC2)n1. The molecule has 88 valence electrons. The maximum atomic E-state index is 5.79. The Balaban J connectivity index is 2.20. The van der Waals surface area contributed by atoms with Gasteiger partial charge in [0.1, 0.15) is 11.6 Å². The zero-order valence-corrected chi connectivity index (χ0v) is 10.5. The normalized spacial score (nSPS) is 17.2. The Bertz CT molecular complexity index is 348. The van der Waals surface area contributed by atoms with Crippen molar-refractivity contribution in [3.8, 4) is 0 Å². The van der Waals surface area contributed by atoms with Crippen molar-refractivity contribution >= 4 is 23.4 Å². The van der Waals surface area contributed by atoms with Crippen molar-refractivity contribution in [3.05, 3.63) is 6.07 Å². The van der Waals surface area contributed by atoms with Gasteiger partial charge in [-0.3, -0.25) is 0 Å². The molecule has 2 heterocycles. The van der Waals surface area contributed by atoms with Crippen molar-refractivity contribution in [2.24, 2.45) is 0 Å². The molecule has 1 saturated heterocycles. The lowest BCUT2D eigenvalue weighted by Crippen LogP contribution is -2.25. The van der Waals surface area contributed by atoms with Crippen LogP contribution in [0.15, 0.2) is 11.2 Å². The Labute approximate surface area is 101 Å². The molecular formula is C11H18N4S. The molecule has 0 radical (unpaired) electrons. The van der Waals surface area contributed by atoms with E-state index in [1.54, 1.807) is 0 Å². The minimum absolute atomic E-state index is 0.568. The summed E-state index contributed by atoms with van der Waals surface area (Å²) in [4.78, 5) is 11.0. The van der Waals surface area contributed by atoms with Gasteiger partial charge in [-0.1, -0.05) is 24.6 Å². The molecule has 5 heteroatoms. The quantitative estimate of drug-likeness (QED) is 0.632. The van der Waals surface area contributed by atoms with Gasteiger partial charge in [-0.25, -0.2) is 9.97 Å². The maximum absolute atomic E-state index is 5.79. The van der Waals surface area contributed by atoms with E-state index in [0.29, 0.717) is 5.82 Å². The fourth-order valence-corrected chi connectivity index (χ4v) is 2.36. The van der Waals surface area contributed by atoms with E-state index in [-0.39, 0.29) is 0 Å². The molecule has 1 fully saturated rings. The summed E-state index contributed by atoms with van der Waals surface area (Å²) in [6.45, 7) is 2.18. The Morgan fingerprint density at radius 2 is 1.88 bits per heavy atom. The van der Waals surface area contributed by atoms with Crippen LogP contribution in [0.1, 0.15) is 25.7 Å². The highest BCUT2D eigenvalue weighted by Crippen LogP contribution is 2.21. The number of hydrogen-bond acceptors (Lipinski definition) is 5. The van der Waals surface area contributed by atoms with Gasteiger partial charge in [0.15, 0.2) is 5.16 Å². The summed E-state index contributed by atoms with van der Waals surface area (Å²) in [7, 11) is 0. The second kappa shape index (κ2) is 5.39. The molecule has 2 rings (SSSR count). The Morgan fingerprint density at radius 1 is 1.19 bits per heavy atom. The zero-order chi connectivity index (χ0) is 11.4. The van der Waals surface area contributed by atoms with Gasteiger partial charge < -0.3 is 10.6 Å². The van der Waals surface area contributed by atoms with E-state index < -0.39 is 0 Å². The fourth-order valence-electron chi connectivity index (χ4n) is 1.98. The molecule has 2 N–H and O–H groups in total. The Hall–Kier alpha value is -0.970. The molecule has 0 amide bonds. The molecular weight excluding hydrogens is 220 g/mol. The molecule has 0 aromatic carbocycles. The van der Waals surface area contributed by atoms with Crippen molar-refractivity contribution in [1.29, 1.82) is 0 Å². The first kappa shape index (κ1) is 11.5. The number of hydrogen-bond donors (Lipinski definition) is 1. The molecule has 0 unspecified atom stereocenters. The topological polar surface area (TPSA) is 55.0 Å². The highest BCUT2D eigenvalue weighted by atomic mass is 32.2. The smallest absolute Gasteiger partial charge is 0.191 e. The summed E-state index contributed by atoms with van der Waals surface area (Å²) in [5.41, 5.74) is 5.79. The van der Waals surface area contributed by atoms with Crippen LogP contribution in [0.3, 0.4) is 0 Å². The van der Waals surface area contributed by atoms with Crippen LogP contribution in [0, 0.1) is 0 Å². The Morgan fingerprint density at radius 3 is 2.50 bits per heavy atom. The molecule has 1 aromatic rings. The maximum Gasteiger partial charge on any atom is 0.191 e. The lowest BCUT2D eigenvalue weighted by atomic mass is 10.2. The molecule has 0 bridgehead atoms. The van der Waals surface area contributed by atoms with Gasteiger partial charge in [0.2, 0.25) is 0 Å². The second-order valence-corrected chi connectivity index (χ2v) is 4.81. The molecule has 4 nitrogen and oxygen atoms in total. The van der Waals surface area contributed by atoms with E-state index in [9.17, 15) is 0 Å². The summed E-state index contributed by atoms with van der Waals surface area (Å²) >= 11 is 1.54. The van der Waals surface area contributed by atoms with E-state index in [0.717, 1.165) is 24.1 Å². The molecule has 0 atom stereocenters. The highest BCUT2D eigenvalue weighted by Gasteiger charge is 2.12. The van der Waals surface area contributed by atoms with Crippen molar-refractivity contribution in [2.45, 2.75) is 30.8 Å². The zero-order valence-electron chi connectivity index (χ0n) is 9.65. The van der Waals surface area contributed by atoms with Gasteiger partial charge in [-0.15, -0.1) is 0 Å². The molecule has 1 aliphatic heterocycles. The summed E-state index contributed by atoms with van der Waals surface area (Å²) in [6, 6.07) is 1.88. The monoisotopic (exact) mass is 238 g/mol. The average Bonchev–Trinajstić information content (AvgIpc) is 2.56. The first-order valence-corrected chi connectivity index (χ1v) is 6.95. The number of nitrogens with zero attached hydrogens (tertiary/aromatic N) is 3. The number of nitrogen functional groups attached to an aromatic ring is 1. The van der Waals surface area contributed by atoms with Crippen LogP contribution >= 0.6 is 11.8 Å². The molecule has 16 heavy (non-hydrogen) atoms. The van der Waals surface area contributed by atoms with Gasteiger partial charge in [-0.05, 0) is 19.1 Å². The number of anilines is 2. The largest absolute Gasteiger partial charge is 0.383 e. The third-order valence-electron chi connectivity index (χ3n) is 2.82.